The Balaban J connectivity index is 1.44. The molecule has 2 aliphatic rings. The van der Waals surface area contributed by atoms with E-state index in [1.165, 1.54) is 0 Å². The zero-order valence-corrected chi connectivity index (χ0v) is 17.2. The van der Waals surface area contributed by atoms with Crippen LogP contribution < -0.4 is 10.0 Å². The lowest BCUT2D eigenvalue weighted by Gasteiger charge is -2.36. The number of nitrogens with zero attached hydrogens (tertiary/aromatic N) is 2. The lowest BCUT2D eigenvalue weighted by molar-refractivity contribution is 0.0617. The number of piperidine rings is 1. The molecular weight excluding hydrogens is 402 g/mol. The van der Waals surface area contributed by atoms with Gasteiger partial charge in [-0.05, 0) is 43.8 Å². The number of H-pyrrole nitrogens is 1. The summed E-state index contributed by atoms with van der Waals surface area (Å²) in [4.78, 5) is 15.1. The highest BCUT2D eigenvalue weighted by Gasteiger charge is 2.34. The van der Waals surface area contributed by atoms with Gasteiger partial charge in [-0.3, -0.25) is 14.6 Å². The van der Waals surface area contributed by atoms with E-state index in [0.29, 0.717) is 29.6 Å². The average molecular weight is 426 g/mol. The molecule has 0 spiro atoms. The van der Waals surface area contributed by atoms with Gasteiger partial charge in [-0.1, -0.05) is 36.4 Å². The number of hydrogen-bond acceptors (Lipinski definition) is 5. The lowest BCUT2D eigenvalue weighted by Crippen LogP contribution is -2.49. The van der Waals surface area contributed by atoms with Crippen LogP contribution in [0.2, 0.25) is 0 Å². The van der Waals surface area contributed by atoms with Crippen molar-refractivity contribution in [1.29, 1.82) is 0 Å². The van der Waals surface area contributed by atoms with E-state index >= 15 is 0 Å². The molecule has 9 heteroatoms. The zero-order valence-electron chi connectivity index (χ0n) is 16.4. The van der Waals surface area contributed by atoms with Gasteiger partial charge >= 0.3 is 0 Å². The Morgan fingerprint density at radius 1 is 1.07 bits per heavy atom. The van der Waals surface area contributed by atoms with E-state index in [1.807, 2.05) is 29.2 Å². The fraction of sp³-hybridized carbons (Fsp3) is 0.333. The van der Waals surface area contributed by atoms with E-state index < -0.39 is 10.0 Å². The lowest BCUT2D eigenvalue weighted by atomic mass is 9.99. The molecule has 0 radical (unpaired) electrons. The number of hydrogen-bond donors (Lipinski definition) is 3. The fourth-order valence-corrected chi connectivity index (χ4v) is 5.69. The first-order valence-electron chi connectivity index (χ1n) is 10.1. The molecule has 1 fully saturated rings. The maximum atomic E-state index is 13.1. The number of anilines is 1. The van der Waals surface area contributed by atoms with Crippen LogP contribution in [-0.4, -0.2) is 55.1 Å². The summed E-state index contributed by atoms with van der Waals surface area (Å²) >= 11 is 0. The van der Waals surface area contributed by atoms with Gasteiger partial charge in [-0.25, -0.2) is 8.42 Å². The number of rotatable bonds is 4. The Labute approximate surface area is 174 Å². The minimum Gasteiger partial charge on any atom is -0.334 e. The summed E-state index contributed by atoms with van der Waals surface area (Å²) in [6, 6.07) is 12.7. The fourth-order valence-electron chi connectivity index (χ4n) is 4.43. The summed E-state index contributed by atoms with van der Waals surface area (Å²) in [5, 5.41) is 11.7. The largest absolute Gasteiger partial charge is 0.334 e. The van der Waals surface area contributed by atoms with Crippen LogP contribution >= 0.6 is 0 Å². The monoisotopic (exact) mass is 425 g/mol. The zero-order chi connectivity index (χ0) is 20.7. The molecule has 1 amide bonds. The number of nitrogens with one attached hydrogen (secondary N) is 3. The van der Waals surface area contributed by atoms with E-state index in [4.69, 9.17) is 0 Å². The van der Waals surface area contributed by atoms with Gasteiger partial charge in [0.05, 0.1) is 4.90 Å². The molecule has 2 aromatic carbocycles. The van der Waals surface area contributed by atoms with Crippen molar-refractivity contribution in [1.82, 2.24) is 20.4 Å². The topological polar surface area (TPSA) is 107 Å². The molecule has 3 heterocycles. The number of benzene rings is 2. The Morgan fingerprint density at radius 2 is 1.83 bits per heavy atom. The van der Waals surface area contributed by atoms with Crippen molar-refractivity contribution in [2.24, 2.45) is 0 Å². The molecule has 3 N–H and O–H groups in total. The van der Waals surface area contributed by atoms with Crippen LogP contribution in [0.5, 0.6) is 0 Å². The maximum Gasteiger partial charge on any atom is 0.272 e. The highest BCUT2D eigenvalue weighted by molar-refractivity contribution is 7.93. The van der Waals surface area contributed by atoms with Gasteiger partial charge in [0.2, 0.25) is 0 Å². The van der Waals surface area contributed by atoms with Crippen LogP contribution in [0.15, 0.2) is 47.4 Å². The van der Waals surface area contributed by atoms with E-state index in [-0.39, 0.29) is 22.7 Å². The molecule has 5 rings (SSSR count). The van der Waals surface area contributed by atoms with Gasteiger partial charge in [0.1, 0.15) is 5.69 Å². The van der Waals surface area contributed by atoms with E-state index in [9.17, 15) is 13.2 Å². The number of aromatic nitrogens is 2. The SMILES string of the molecule is O=C1c2[nH]nc(NS(=O)(=O)c3cccc4ccccc34)c2CCN1C1CCNCC1. The van der Waals surface area contributed by atoms with Crippen LogP contribution in [0.4, 0.5) is 5.82 Å². The number of aromatic amines is 1. The second kappa shape index (κ2) is 7.41. The molecule has 8 nitrogen and oxygen atoms in total. The number of fused-ring (bicyclic) bond motifs is 2. The average Bonchev–Trinajstić information content (AvgIpc) is 3.17. The van der Waals surface area contributed by atoms with Crippen molar-refractivity contribution in [3.05, 3.63) is 53.7 Å². The molecule has 0 unspecified atom stereocenters. The first-order chi connectivity index (χ1) is 14.5. The molecule has 30 heavy (non-hydrogen) atoms. The van der Waals surface area contributed by atoms with Crippen molar-refractivity contribution in [3.8, 4) is 0 Å². The van der Waals surface area contributed by atoms with Crippen molar-refractivity contribution in [3.63, 3.8) is 0 Å². The van der Waals surface area contributed by atoms with Crippen LogP contribution in [-0.2, 0) is 16.4 Å². The summed E-state index contributed by atoms with van der Waals surface area (Å²) in [6.07, 6.45) is 2.42. The van der Waals surface area contributed by atoms with Crippen molar-refractivity contribution < 1.29 is 13.2 Å². The number of amides is 1. The van der Waals surface area contributed by atoms with E-state index in [0.717, 1.165) is 31.3 Å². The third kappa shape index (κ3) is 3.23. The molecule has 0 bridgehead atoms. The van der Waals surface area contributed by atoms with Crippen LogP contribution in [0, 0.1) is 0 Å². The molecule has 0 saturated carbocycles. The molecule has 3 aromatic rings. The van der Waals surface area contributed by atoms with Crippen molar-refractivity contribution in [2.75, 3.05) is 24.4 Å². The van der Waals surface area contributed by atoms with Gasteiger partial charge in [-0.2, -0.15) is 5.10 Å². The molecular formula is C21H23N5O3S. The number of carbonyl (C=O) groups excluding carboxylic acids is 1. The van der Waals surface area contributed by atoms with Gasteiger partial charge in [-0.15, -0.1) is 0 Å². The summed E-state index contributed by atoms with van der Waals surface area (Å²) in [7, 11) is -3.86. The normalized spacial score (nSPS) is 17.9. The Morgan fingerprint density at radius 3 is 2.67 bits per heavy atom. The Bertz CT molecular complexity index is 1210. The van der Waals surface area contributed by atoms with E-state index in [2.05, 4.69) is 20.2 Å². The number of carbonyl (C=O) groups is 1. The minimum atomic E-state index is -3.86. The number of sulfonamides is 1. The van der Waals surface area contributed by atoms with Crippen LogP contribution in [0.1, 0.15) is 28.9 Å². The third-order valence-electron chi connectivity index (χ3n) is 5.96. The second-order valence-corrected chi connectivity index (χ2v) is 9.39. The predicted octanol–water partition coefficient (Wildman–Crippen LogP) is 2.11. The molecule has 0 atom stereocenters. The predicted molar refractivity (Wildman–Crippen MR) is 114 cm³/mol. The Kier molecular flexibility index (Phi) is 4.71. The van der Waals surface area contributed by atoms with Crippen LogP contribution in [0.25, 0.3) is 10.8 Å². The summed E-state index contributed by atoms with van der Waals surface area (Å²) < 4.78 is 28.8. The second-order valence-electron chi connectivity index (χ2n) is 7.74. The first kappa shape index (κ1) is 19.1. The van der Waals surface area contributed by atoms with Crippen molar-refractivity contribution >= 4 is 32.5 Å². The molecule has 1 aromatic heterocycles. The van der Waals surface area contributed by atoms with Gasteiger partial charge < -0.3 is 10.2 Å². The van der Waals surface area contributed by atoms with Gasteiger partial charge in [0.25, 0.3) is 15.9 Å². The summed E-state index contributed by atoms with van der Waals surface area (Å²) in [5.74, 6) is 0.0995. The highest BCUT2D eigenvalue weighted by Crippen LogP contribution is 2.30. The Hall–Kier alpha value is -2.91. The molecule has 1 saturated heterocycles. The highest BCUT2D eigenvalue weighted by atomic mass is 32.2. The third-order valence-corrected chi connectivity index (χ3v) is 7.36. The van der Waals surface area contributed by atoms with E-state index in [1.54, 1.807) is 18.2 Å². The van der Waals surface area contributed by atoms with Crippen molar-refractivity contribution in [2.45, 2.75) is 30.2 Å². The summed E-state index contributed by atoms with van der Waals surface area (Å²) in [6.45, 7) is 2.37. The quantitative estimate of drug-likeness (QED) is 0.594. The minimum absolute atomic E-state index is 0.105. The standard InChI is InChI=1S/C21H23N5O3S/c27-21-19-17(10-13-26(21)15-8-11-22-12-9-15)20(24-23-19)25-30(28,29)18-7-3-5-14-4-1-2-6-16(14)18/h1-7,15,22H,8-13H2,(H2,23,24,25). The smallest absolute Gasteiger partial charge is 0.272 e. The van der Waals surface area contributed by atoms with Crippen LogP contribution in [0.3, 0.4) is 0 Å². The molecule has 2 aliphatic heterocycles. The molecule has 156 valence electrons. The maximum absolute atomic E-state index is 13.1. The summed E-state index contributed by atoms with van der Waals surface area (Å²) in [5.41, 5.74) is 1.02. The first-order valence-corrected chi connectivity index (χ1v) is 11.6. The van der Waals surface area contributed by atoms with Gasteiger partial charge in [0.15, 0.2) is 5.82 Å². The van der Waals surface area contributed by atoms with Gasteiger partial charge in [0, 0.05) is 23.5 Å². The molecule has 0 aliphatic carbocycles.